The highest BCUT2D eigenvalue weighted by atomic mass is 32.2. The molecule has 0 aliphatic carbocycles. The van der Waals surface area contributed by atoms with Gasteiger partial charge in [-0.2, -0.15) is 0 Å². The molecule has 43 heteroatoms. The number of nitrogens with one attached hydrogen (secondary N) is 11. The summed E-state index contributed by atoms with van der Waals surface area (Å²) in [5.74, 6) is -16.1. The number of aliphatic carboxylic acids is 2. The van der Waals surface area contributed by atoms with E-state index in [4.69, 9.17) is 34.4 Å². The van der Waals surface area contributed by atoms with Gasteiger partial charge in [-0.3, -0.25) is 86.5 Å². The van der Waals surface area contributed by atoms with Crippen LogP contribution in [0, 0.1) is 23.7 Å². The molecule has 6 rings (SSSR count). The number of hydrogen-bond acceptors (Lipinski definition) is 24. The number of carboxylic acid groups (broad SMARTS) is 2. The van der Waals surface area contributed by atoms with Gasteiger partial charge in [0.05, 0.1) is 6.04 Å². The van der Waals surface area contributed by atoms with Crippen molar-refractivity contribution in [1.82, 2.24) is 78.1 Å². The number of unbranched alkanes of at least 4 members (excludes halogenated alkanes) is 3. The Labute approximate surface area is 806 Å². The van der Waals surface area contributed by atoms with E-state index in [1.165, 1.54) is 26.5 Å². The van der Waals surface area contributed by atoms with Gasteiger partial charge in [-0.25, -0.2) is 4.79 Å². The molecule has 137 heavy (non-hydrogen) atoms. The number of amides is 15. The molecule has 0 saturated carbocycles. The summed E-state index contributed by atoms with van der Waals surface area (Å²) in [7, 11) is 0. The molecule has 4 saturated heterocycles. The summed E-state index contributed by atoms with van der Waals surface area (Å²) in [5.41, 5.74) is 36.4. The zero-order valence-electron chi connectivity index (χ0n) is 80.7. The first kappa shape index (κ1) is 114. The van der Waals surface area contributed by atoms with Gasteiger partial charge in [0.1, 0.15) is 90.6 Å². The molecule has 4 fully saturated rings. The first-order chi connectivity index (χ1) is 65.1. The van der Waals surface area contributed by atoms with Gasteiger partial charge in [0, 0.05) is 64.7 Å². The number of carbonyl (C=O) groups excluding carboxylic acids is 16. The SMILES string of the molecule is CC(=O)SC[C@H](N)C(=O)N[C@@H](CC(C)C)C(=O)N[C@@H](CCCCN)C(=O)N1CCC[C@H]1C(=O)N[C@@H](CCCN=C(N)N)C(=O)N1CCC[C@H]1C(=O)N[C@@H](CCCCN)C(=O)N[C@@H](CC(C)C)C(=O)N[C@@H](CCCCN)C(=O)N[C@H](C(=O)N[C@@H](CCC(=O)O)C(=O)N[C@H](C(=O)N[C@@H](Cc1ccccc1)C(=O)N1CCC[C@H]1C(=O)N[C@@H](Cc1ccccc1)C(=O)N1CCC[C@H]1C(=O)O)C(C)C)C(C)C. The smallest absolute Gasteiger partial charge is 0.326 e. The van der Waals surface area contributed by atoms with Gasteiger partial charge in [0.15, 0.2) is 11.1 Å². The van der Waals surface area contributed by atoms with Gasteiger partial charge < -0.3 is 123 Å². The topological polar surface area (TPSA) is 661 Å². The second kappa shape index (κ2) is 58.3. The van der Waals surface area contributed by atoms with E-state index < -0.39 is 222 Å². The normalized spacial score (nSPS) is 18.5. The zero-order chi connectivity index (χ0) is 101. The molecule has 0 bridgehead atoms. The molecule has 0 unspecified atom stereocenters. The van der Waals surface area contributed by atoms with E-state index in [2.05, 4.69) is 63.5 Å². The average Bonchev–Trinajstić information content (AvgIpc) is 1.74. The van der Waals surface area contributed by atoms with Crippen molar-refractivity contribution in [2.24, 2.45) is 63.1 Å². The van der Waals surface area contributed by atoms with Crippen LogP contribution in [0.5, 0.6) is 0 Å². The minimum atomic E-state index is -1.68. The summed E-state index contributed by atoms with van der Waals surface area (Å²) >= 11 is 0.857. The maximum Gasteiger partial charge on any atom is 0.326 e. The van der Waals surface area contributed by atoms with Crippen molar-refractivity contribution in [3.05, 3.63) is 71.8 Å². The van der Waals surface area contributed by atoms with Crippen molar-refractivity contribution in [1.29, 1.82) is 0 Å². The van der Waals surface area contributed by atoms with Crippen molar-refractivity contribution in [2.45, 2.75) is 320 Å². The number of nitrogens with two attached hydrogens (primary N) is 6. The number of guanidine groups is 1. The lowest BCUT2D eigenvalue weighted by molar-refractivity contribution is -0.149. The molecular weight excluding hydrogens is 1790 g/mol. The molecule has 762 valence electrons. The molecule has 4 aliphatic heterocycles. The van der Waals surface area contributed by atoms with Gasteiger partial charge in [-0.15, -0.1) is 0 Å². The van der Waals surface area contributed by atoms with Crippen LogP contribution < -0.4 is 92.9 Å². The third-order valence-corrected chi connectivity index (χ3v) is 25.6. The molecule has 4 aliphatic rings. The van der Waals surface area contributed by atoms with E-state index in [-0.39, 0.29) is 171 Å². The lowest BCUT2D eigenvalue weighted by atomic mass is 9.98. The Morgan fingerprint density at radius 1 is 0.387 bits per heavy atom. The zero-order valence-corrected chi connectivity index (χ0v) is 81.5. The van der Waals surface area contributed by atoms with Crippen molar-refractivity contribution < 1.29 is 96.5 Å². The fraction of sp³-hybridized carbons (Fsp3) is 0.670. The van der Waals surface area contributed by atoms with E-state index in [1.807, 2.05) is 13.8 Å². The highest BCUT2D eigenvalue weighted by Gasteiger charge is 2.47. The van der Waals surface area contributed by atoms with Gasteiger partial charge in [0.25, 0.3) is 0 Å². The predicted molar refractivity (Wildman–Crippen MR) is 513 cm³/mol. The number of benzene rings is 2. The van der Waals surface area contributed by atoms with Gasteiger partial charge in [-0.05, 0) is 196 Å². The summed E-state index contributed by atoms with van der Waals surface area (Å²) < 4.78 is 0. The molecule has 0 spiro atoms. The van der Waals surface area contributed by atoms with Crippen LogP contribution in [0.1, 0.15) is 221 Å². The molecule has 2 aromatic rings. The third kappa shape index (κ3) is 37.1. The van der Waals surface area contributed by atoms with Gasteiger partial charge >= 0.3 is 11.9 Å². The van der Waals surface area contributed by atoms with E-state index in [0.717, 1.165) is 11.8 Å². The second-order valence-corrected chi connectivity index (χ2v) is 38.6. The minimum Gasteiger partial charge on any atom is -0.481 e. The van der Waals surface area contributed by atoms with E-state index >= 15 is 9.59 Å². The van der Waals surface area contributed by atoms with E-state index in [1.54, 1.807) is 102 Å². The van der Waals surface area contributed by atoms with Crippen molar-refractivity contribution in [3.8, 4) is 0 Å². The largest absolute Gasteiger partial charge is 0.481 e. The fourth-order valence-corrected chi connectivity index (χ4v) is 17.9. The lowest BCUT2D eigenvalue weighted by Crippen LogP contribution is -2.62. The average molecular weight is 1940 g/mol. The lowest BCUT2D eigenvalue weighted by Gasteiger charge is -2.33. The summed E-state index contributed by atoms with van der Waals surface area (Å²) in [6.45, 7) is 16.0. The maximum atomic E-state index is 15.1. The van der Waals surface area contributed by atoms with E-state index in [0.29, 0.717) is 68.9 Å². The number of hydrogen-bond donors (Lipinski definition) is 19. The number of carboxylic acids is 2. The van der Waals surface area contributed by atoms with Crippen LogP contribution in [0.3, 0.4) is 0 Å². The molecule has 42 nitrogen and oxygen atoms in total. The quantitative estimate of drug-likeness (QED) is 0.0218. The van der Waals surface area contributed by atoms with Crippen LogP contribution in [-0.4, -0.2) is 296 Å². The molecule has 0 aromatic heterocycles. The van der Waals surface area contributed by atoms with Crippen LogP contribution in [0.25, 0.3) is 0 Å². The first-order valence-electron chi connectivity index (χ1n) is 48.2. The molecule has 4 heterocycles. The molecule has 15 amide bonds. The van der Waals surface area contributed by atoms with Crippen molar-refractivity contribution in [2.75, 3.05) is 58.1 Å². The summed E-state index contributed by atoms with van der Waals surface area (Å²) in [6.07, 6.45) is 3.37. The standard InChI is InChI=1S/C94H150N22O20S/c1-54(2)49-67(107-78(120)61(98)53-137-58(9)117)83(125)105-65(33-18-21-43-97)89(131)114-46-24-36-72(114)85(127)106-66(34-22-44-101-94(99)100)90(132)113-45-23-35-71(113)84(126)103-62(31-16-19-41-95)79(121)108-68(50-55(3)4)82(124)102-63(32-17-20-42-96)80(122)111-76(56(5)6)87(129)104-64(39-40-75(118)119)81(123)112-77(57(7)8)88(130)110-70(52-60-29-14-11-15-30-60)91(133)115-47-25-37-73(115)86(128)109-69(51-59-27-12-10-13-28-59)92(134)116-48-26-38-74(116)93(135)136/h10-15,27-30,54-57,61-74,76-77H,16-26,31-53,95-98H2,1-9H3,(H,102,124)(H,103,126)(H,104,129)(H,105,125)(H,106,127)(H,107,120)(H,108,121)(H,109,128)(H,110,130)(H,111,122)(H,112,123)(H,118,119)(H,135,136)(H4,99,100,101)/t61-,62-,63-,64-,65-,66-,67-,68-,69-,70-,71-,72-,73-,74-,76-,77-/m0/s1. The molecule has 0 radical (unpaired) electrons. The fourth-order valence-electron chi connectivity index (χ4n) is 17.4. The molecule has 2 aromatic carbocycles. The van der Waals surface area contributed by atoms with Crippen molar-refractivity contribution in [3.63, 3.8) is 0 Å². The molecular formula is C94H150N22O20S. The predicted octanol–water partition coefficient (Wildman–Crippen LogP) is -0.830. The molecule has 16 atom stereocenters. The highest BCUT2D eigenvalue weighted by molar-refractivity contribution is 8.13. The number of thioether (sulfide) groups is 1. The Balaban J connectivity index is 1.18. The number of nitrogens with zero attached hydrogens (tertiary/aromatic N) is 5. The van der Waals surface area contributed by atoms with Crippen LogP contribution in [0.15, 0.2) is 65.7 Å². The maximum absolute atomic E-state index is 15.1. The Kier molecular flexibility index (Phi) is 48.7. The summed E-state index contributed by atoms with van der Waals surface area (Å²) in [4.78, 5) is 266. The highest BCUT2D eigenvalue weighted by Crippen LogP contribution is 2.28. The Bertz CT molecular complexity index is 4410. The minimum absolute atomic E-state index is 0.00231. The summed E-state index contributed by atoms with van der Waals surface area (Å²) in [6, 6.07) is -3.22. The van der Waals surface area contributed by atoms with Crippen LogP contribution in [0.2, 0.25) is 0 Å². The van der Waals surface area contributed by atoms with Crippen LogP contribution in [0.4, 0.5) is 0 Å². The van der Waals surface area contributed by atoms with Crippen molar-refractivity contribution >= 4 is 123 Å². The Morgan fingerprint density at radius 3 is 1.09 bits per heavy atom. The number of carbonyl (C=O) groups is 18. The van der Waals surface area contributed by atoms with E-state index in [9.17, 15) is 86.9 Å². The van der Waals surface area contributed by atoms with Gasteiger partial charge in [0.2, 0.25) is 88.6 Å². The van der Waals surface area contributed by atoms with Gasteiger partial charge in [-0.1, -0.05) is 128 Å². The molecule has 25 N–H and O–H groups in total. The summed E-state index contributed by atoms with van der Waals surface area (Å²) in [5, 5.41) is 50.1. The second-order valence-electron chi connectivity index (χ2n) is 37.4. The van der Waals surface area contributed by atoms with Crippen LogP contribution >= 0.6 is 11.8 Å². The Hall–Kier alpha value is -11.4. The monoisotopic (exact) mass is 1940 g/mol. The Morgan fingerprint density at radius 2 is 0.701 bits per heavy atom. The van der Waals surface area contributed by atoms with Crippen LogP contribution in [-0.2, 0) is 99.1 Å². The number of rotatable bonds is 58. The third-order valence-electron chi connectivity index (χ3n) is 24.7. The number of likely N-dealkylation sites (tertiary alicyclic amines) is 4. The first-order valence-corrected chi connectivity index (χ1v) is 49.2. The number of aliphatic imine (C=N–C) groups is 1.